The lowest BCUT2D eigenvalue weighted by atomic mass is 10.2. The molecule has 0 bridgehead atoms. The molecule has 0 aliphatic rings. The molecule has 0 fully saturated rings. The van der Waals surface area contributed by atoms with Gasteiger partial charge in [0.05, 0.1) is 16.4 Å². The Kier molecular flexibility index (Phi) is 4.06. The summed E-state index contributed by atoms with van der Waals surface area (Å²) >= 11 is 10.9. The Balaban J connectivity index is 2.24. The number of halogens is 1. The fourth-order valence-electron chi connectivity index (χ4n) is 1.69. The molecule has 0 aliphatic carbocycles. The summed E-state index contributed by atoms with van der Waals surface area (Å²) < 4.78 is 5.24. The van der Waals surface area contributed by atoms with Crippen LogP contribution in [-0.4, -0.2) is 15.9 Å². The molecule has 0 saturated heterocycles. The normalized spacial score (nSPS) is 10.3. The van der Waals surface area contributed by atoms with Crippen LogP contribution < -0.4 is 11.1 Å². The predicted molar refractivity (Wildman–Crippen MR) is 81.3 cm³/mol. The van der Waals surface area contributed by atoms with Crippen LogP contribution in [-0.2, 0) is 0 Å². The highest BCUT2D eigenvalue weighted by atomic mass is 35.5. The van der Waals surface area contributed by atoms with Gasteiger partial charge < -0.3 is 15.5 Å². The summed E-state index contributed by atoms with van der Waals surface area (Å²) in [5, 5.41) is 3.00. The third-order valence-corrected chi connectivity index (χ3v) is 3.16. The summed E-state index contributed by atoms with van der Waals surface area (Å²) in [4.78, 5) is 16.3. The molecule has 5 nitrogen and oxygen atoms in total. The number of carbonyl (C=O) groups excluding carboxylic acids is 1. The van der Waals surface area contributed by atoms with Gasteiger partial charge in [-0.1, -0.05) is 23.8 Å². The first-order valence-electron chi connectivity index (χ1n) is 5.73. The van der Waals surface area contributed by atoms with Gasteiger partial charge in [-0.05, 0) is 25.1 Å². The maximum Gasteiger partial charge on any atom is 0.293 e. The van der Waals surface area contributed by atoms with E-state index in [2.05, 4.69) is 10.3 Å². The van der Waals surface area contributed by atoms with Crippen LogP contribution in [0.5, 0.6) is 0 Å². The van der Waals surface area contributed by atoms with Gasteiger partial charge in [-0.15, -0.1) is 0 Å². The van der Waals surface area contributed by atoms with E-state index in [1.165, 1.54) is 0 Å². The second kappa shape index (κ2) is 5.60. The van der Waals surface area contributed by atoms with E-state index in [4.69, 9.17) is 34.0 Å². The molecule has 1 heterocycles. The van der Waals surface area contributed by atoms with E-state index in [1.807, 2.05) is 0 Å². The molecule has 2 rings (SSSR count). The average Bonchev–Trinajstić information content (AvgIpc) is 2.70. The zero-order valence-electron chi connectivity index (χ0n) is 10.9. The standard InChI is InChI=1S/C13H12ClN3O2S/c1-6-11(19-7(2)16-6)13(18)17-10-4-3-8(12(15)20)5-9(10)14/h3-5H,1-2H3,(H2,15,20)(H,17,18). The van der Waals surface area contributed by atoms with Crippen LogP contribution in [0.4, 0.5) is 5.69 Å². The van der Waals surface area contributed by atoms with Crippen LogP contribution in [0.3, 0.4) is 0 Å². The van der Waals surface area contributed by atoms with Gasteiger partial charge in [0.1, 0.15) is 4.99 Å². The molecule has 0 spiro atoms. The SMILES string of the molecule is Cc1nc(C)c(C(=O)Nc2ccc(C(N)=S)cc2Cl)o1. The second-order valence-electron chi connectivity index (χ2n) is 4.16. The fourth-order valence-corrected chi connectivity index (χ4v) is 2.05. The summed E-state index contributed by atoms with van der Waals surface area (Å²) in [6.45, 7) is 3.37. The Labute approximate surface area is 126 Å². The van der Waals surface area contributed by atoms with Crippen molar-refractivity contribution in [2.24, 2.45) is 5.73 Å². The van der Waals surface area contributed by atoms with Crippen LogP contribution in [0, 0.1) is 13.8 Å². The van der Waals surface area contributed by atoms with Crippen molar-refractivity contribution >= 4 is 40.4 Å². The first-order chi connectivity index (χ1) is 9.38. The van der Waals surface area contributed by atoms with Crippen LogP contribution in [0.15, 0.2) is 22.6 Å². The summed E-state index contributed by atoms with van der Waals surface area (Å²) in [6.07, 6.45) is 0. The number of aromatic nitrogens is 1. The second-order valence-corrected chi connectivity index (χ2v) is 5.01. The first-order valence-corrected chi connectivity index (χ1v) is 6.52. The lowest BCUT2D eigenvalue weighted by Crippen LogP contribution is -2.14. The van der Waals surface area contributed by atoms with E-state index < -0.39 is 5.91 Å². The lowest BCUT2D eigenvalue weighted by molar-refractivity contribution is 0.0994. The first kappa shape index (κ1) is 14.5. The van der Waals surface area contributed by atoms with Crippen LogP contribution >= 0.6 is 23.8 Å². The third-order valence-electron chi connectivity index (χ3n) is 2.61. The Morgan fingerprint density at radius 1 is 1.45 bits per heavy atom. The minimum atomic E-state index is -0.409. The number of carbonyl (C=O) groups is 1. The highest BCUT2D eigenvalue weighted by Crippen LogP contribution is 2.24. The quantitative estimate of drug-likeness (QED) is 0.852. The molecule has 1 aromatic heterocycles. The van der Waals surface area contributed by atoms with Gasteiger partial charge in [0.15, 0.2) is 5.89 Å². The third kappa shape index (κ3) is 2.97. The number of thiocarbonyl (C=S) groups is 1. The zero-order chi connectivity index (χ0) is 14.9. The number of oxazole rings is 1. The van der Waals surface area contributed by atoms with Gasteiger partial charge in [-0.2, -0.15) is 0 Å². The van der Waals surface area contributed by atoms with Crippen LogP contribution in [0.2, 0.25) is 5.02 Å². The van der Waals surface area contributed by atoms with Gasteiger partial charge in [0.25, 0.3) is 5.91 Å². The lowest BCUT2D eigenvalue weighted by Gasteiger charge is -2.07. The summed E-state index contributed by atoms with van der Waals surface area (Å²) in [5.41, 5.74) is 7.12. The number of benzene rings is 1. The molecule has 20 heavy (non-hydrogen) atoms. The highest BCUT2D eigenvalue weighted by molar-refractivity contribution is 7.80. The molecule has 0 atom stereocenters. The molecular weight excluding hydrogens is 298 g/mol. The van der Waals surface area contributed by atoms with Gasteiger partial charge in [-0.25, -0.2) is 4.98 Å². The number of hydrogen-bond acceptors (Lipinski definition) is 4. The number of anilines is 1. The summed E-state index contributed by atoms with van der Waals surface area (Å²) in [5.74, 6) is 0.188. The topological polar surface area (TPSA) is 81.2 Å². The largest absolute Gasteiger partial charge is 0.436 e. The monoisotopic (exact) mass is 309 g/mol. The number of amides is 1. The Bertz CT molecular complexity index is 697. The number of rotatable bonds is 3. The number of hydrogen-bond donors (Lipinski definition) is 2. The van der Waals surface area contributed by atoms with Crippen molar-refractivity contribution in [2.75, 3.05) is 5.32 Å². The molecule has 0 unspecified atom stereocenters. The average molecular weight is 310 g/mol. The minimum absolute atomic E-state index is 0.164. The van der Waals surface area contributed by atoms with Crippen molar-refractivity contribution in [1.29, 1.82) is 0 Å². The van der Waals surface area contributed by atoms with Gasteiger partial charge in [0, 0.05) is 12.5 Å². The molecular formula is C13H12ClN3O2S. The van der Waals surface area contributed by atoms with E-state index >= 15 is 0 Å². The number of nitrogens with one attached hydrogen (secondary N) is 1. The fraction of sp³-hybridized carbons (Fsp3) is 0.154. The van der Waals surface area contributed by atoms with Crippen molar-refractivity contribution in [3.8, 4) is 0 Å². The number of aryl methyl sites for hydroxylation is 2. The van der Waals surface area contributed by atoms with Crippen molar-refractivity contribution in [1.82, 2.24) is 4.98 Å². The Morgan fingerprint density at radius 3 is 2.65 bits per heavy atom. The molecule has 1 amide bonds. The molecule has 2 aromatic rings. The van der Waals surface area contributed by atoms with Crippen LogP contribution in [0.25, 0.3) is 0 Å². The smallest absolute Gasteiger partial charge is 0.293 e. The molecule has 1 aromatic carbocycles. The molecule has 0 radical (unpaired) electrons. The Hall–Kier alpha value is -1.92. The highest BCUT2D eigenvalue weighted by Gasteiger charge is 2.17. The molecule has 0 aliphatic heterocycles. The van der Waals surface area contributed by atoms with Gasteiger partial charge in [-0.3, -0.25) is 4.79 Å². The Morgan fingerprint density at radius 2 is 2.15 bits per heavy atom. The summed E-state index contributed by atoms with van der Waals surface area (Å²) in [7, 11) is 0. The van der Waals surface area contributed by atoms with Crippen molar-refractivity contribution in [3.05, 3.63) is 46.1 Å². The van der Waals surface area contributed by atoms with Gasteiger partial charge >= 0.3 is 0 Å². The van der Waals surface area contributed by atoms with Gasteiger partial charge in [0.2, 0.25) is 5.76 Å². The van der Waals surface area contributed by atoms with E-state index in [-0.39, 0.29) is 10.7 Å². The number of nitrogens with two attached hydrogens (primary N) is 1. The molecule has 104 valence electrons. The summed E-state index contributed by atoms with van der Waals surface area (Å²) in [6, 6.07) is 4.91. The van der Waals surface area contributed by atoms with E-state index in [1.54, 1.807) is 32.0 Å². The predicted octanol–water partition coefficient (Wildman–Crippen LogP) is 2.83. The van der Waals surface area contributed by atoms with Crippen LogP contribution in [0.1, 0.15) is 27.7 Å². The number of nitrogens with zero attached hydrogens (tertiary/aromatic N) is 1. The minimum Gasteiger partial charge on any atom is -0.436 e. The van der Waals surface area contributed by atoms with E-state index in [0.29, 0.717) is 27.9 Å². The molecule has 0 saturated carbocycles. The zero-order valence-corrected chi connectivity index (χ0v) is 12.4. The van der Waals surface area contributed by atoms with Crippen molar-refractivity contribution in [2.45, 2.75) is 13.8 Å². The maximum absolute atomic E-state index is 12.1. The van der Waals surface area contributed by atoms with E-state index in [0.717, 1.165) is 0 Å². The molecule has 3 N–H and O–H groups in total. The van der Waals surface area contributed by atoms with Crippen molar-refractivity contribution in [3.63, 3.8) is 0 Å². The van der Waals surface area contributed by atoms with Crippen molar-refractivity contribution < 1.29 is 9.21 Å². The maximum atomic E-state index is 12.1. The molecule has 7 heteroatoms. The van der Waals surface area contributed by atoms with E-state index in [9.17, 15) is 4.79 Å².